The predicted octanol–water partition coefficient (Wildman–Crippen LogP) is 7.57. The van der Waals surface area contributed by atoms with Crippen molar-refractivity contribution >= 4 is 0 Å². The van der Waals surface area contributed by atoms with Gasteiger partial charge < -0.3 is 0 Å². The van der Waals surface area contributed by atoms with Crippen molar-refractivity contribution in [1.29, 1.82) is 0 Å². The molecule has 0 atom stereocenters. The summed E-state index contributed by atoms with van der Waals surface area (Å²) in [5.74, 6) is -2.55. The van der Waals surface area contributed by atoms with Gasteiger partial charge in [-0.1, -0.05) is 42.5 Å². The van der Waals surface area contributed by atoms with Crippen LogP contribution in [0.4, 0.5) is 13.2 Å². The van der Waals surface area contributed by atoms with E-state index in [0.717, 1.165) is 37.8 Å². The Balaban J connectivity index is 1.62. The lowest BCUT2D eigenvalue weighted by atomic mass is 9.78. The van der Waals surface area contributed by atoms with E-state index in [9.17, 15) is 13.2 Å². The van der Waals surface area contributed by atoms with E-state index in [1.165, 1.54) is 18.4 Å². The quantitative estimate of drug-likeness (QED) is 0.279. The Morgan fingerprint density at radius 3 is 2.07 bits per heavy atom. The summed E-state index contributed by atoms with van der Waals surface area (Å²) >= 11 is 0. The van der Waals surface area contributed by atoms with Gasteiger partial charge in [-0.25, -0.2) is 13.2 Å². The van der Waals surface area contributed by atoms with Gasteiger partial charge in [0.15, 0.2) is 17.5 Å². The molecule has 2 aromatic rings. The maximum atomic E-state index is 13.4. The lowest BCUT2D eigenvalue weighted by Gasteiger charge is -2.27. The summed E-state index contributed by atoms with van der Waals surface area (Å²) in [5, 5.41) is 0. The van der Waals surface area contributed by atoms with Crippen LogP contribution in [0.15, 0.2) is 61.2 Å². The van der Waals surface area contributed by atoms with Crippen molar-refractivity contribution in [3.8, 4) is 11.1 Å². The molecule has 0 aliphatic heterocycles. The Hall–Kier alpha value is -2.29. The van der Waals surface area contributed by atoms with Crippen LogP contribution < -0.4 is 0 Å². The van der Waals surface area contributed by atoms with E-state index >= 15 is 0 Å². The molecule has 1 saturated carbocycles. The molecule has 0 saturated heterocycles. The Bertz CT molecular complexity index is 774. The van der Waals surface area contributed by atoms with Gasteiger partial charge in [-0.2, -0.15) is 0 Å². The first-order chi connectivity index (χ1) is 13.1. The van der Waals surface area contributed by atoms with Crippen LogP contribution in [0.1, 0.15) is 50.0 Å². The normalized spacial score (nSPS) is 20.1. The first kappa shape index (κ1) is 19.5. The van der Waals surface area contributed by atoms with Crippen molar-refractivity contribution < 1.29 is 13.2 Å². The molecule has 0 nitrogen and oxygen atoms in total. The molecule has 0 heterocycles. The first-order valence-electron chi connectivity index (χ1n) is 9.61. The summed E-state index contributed by atoms with van der Waals surface area (Å²) in [6.45, 7) is 3.74. The molecule has 27 heavy (non-hydrogen) atoms. The summed E-state index contributed by atoms with van der Waals surface area (Å²) in [7, 11) is 0. The molecule has 0 amide bonds. The van der Waals surface area contributed by atoms with Gasteiger partial charge in [0, 0.05) is 0 Å². The Labute approximate surface area is 159 Å². The van der Waals surface area contributed by atoms with E-state index in [1.807, 2.05) is 30.3 Å². The van der Waals surface area contributed by atoms with Crippen molar-refractivity contribution in [2.75, 3.05) is 0 Å². The van der Waals surface area contributed by atoms with Crippen molar-refractivity contribution in [2.24, 2.45) is 5.92 Å². The van der Waals surface area contributed by atoms with Crippen LogP contribution in [0.5, 0.6) is 0 Å². The molecular formula is C24H25F3. The van der Waals surface area contributed by atoms with Crippen molar-refractivity contribution in [3.63, 3.8) is 0 Å². The van der Waals surface area contributed by atoms with Gasteiger partial charge in [-0.3, -0.25) is 0 Å². The fourth-order valence-electron chi connectivity index (χ4n) is 3.82. The molecule has 1 aliphatic rings. The second kappa shape index (κ2) is 9.07. The zero-order chi connectivity index (χ0) is 19.2. The number of hydrogen-bond donors (Lipinski definition) is 0. The standard InChI is InChI=1S/C24H25F3/c1-2-3-4-5-6-17-7-9-18(10-8-17)19-11-13-20(14-12-19)21-15-22(25)24(27)23(26)16-21/h2,5-6,11-18H,1,3-4,7-10H2/b6-5+. The molecule has 142 valence electrons. The molecule has 3 heteroatoms. The SMILES string of the molecule is C=CCC/C=C/C1CCC(c2ccc(-c3cc(F)c(F)c(F)c3)cc2)CC1. The van der Waals surface area contributed by atoms with Gasteiger partial charge >= 0.3 is 0 Å². The van der Waals surface area contributed by atoms with Crippen LogP contribution in [-0.2, 0) is 0 Å². The molecule has 0 spiro atoms. The Morgan fingerprint density at radius 2 is 1.48 bits per heavy atom. The van der Waals surface area contributed by atoms with Crippen LogP contribution in [0.3, 0.4) is 0 Å². The molecule has 0 aromatic heterocycles. The van der Waals surface area contributed by atoms with E-state index < -0.39 is 17.5 Å². The second-order valence-electron chi connectivity index (χ2n) is 7.28. The van der Waals surface area contributed by atoms with Crippen LogP contribution in [0, 0.1) is 23.4 Å². The summed E-state index contributed by atoms with van der Waals surface area (Å²) in [5.41, 5.74) is 2.30. The average Bonchev–Trinajstić information content (AvgIpc) is 2.70. The fourth-order valence-corrected chi connectivity index (χ4v) is 3.82. The van der Waals surface area contributed by atoms with Crippen LogP contribution in [0.2, 0.25) is 0 Å². The maximum Gasteiger partial charge on any atom is 0.194 e. The minimum atomic E-state index is -1.43. The van der Waals surface area contributed by atoms with Gasteiger partial charge in [-0.05, 0) is 79.2 Å². The molecule has 1 aliphatic carbocycles. The minimum absolute atomic E-state index is 0.353. The van der Waals surface area contributed by atoms with Gasteiger partial charge in [-0.15, -0.1) is 6.58 Å². The fraction of sp³-hybridized carbons (Fsp3) is 0.333. The third-order valence-corrected chi connectivity index (χ3v) is 5.42. The minimum Gasteiger partial charge on any atom is -0.204 e. The van der Waals surface area contributed by atoms with Crippen LogP contribution in [-0.4, -0.2) is 0 Å². The van der Waals surface area contributed by atoms with Gasteiger partial charge in [0.05, 0.1) is 0 Å². The molecule has 0 radical (unpaired) electrons. The third-order valence-electron chi connectivity index (χ3n) is 5.42. The highest BCUT2D eigenvalue weighted by atomic mass is 19.2. The molecule has 0 unspecified atom stereocenters. The maximum absolute atomic E-state index is 13.4. The number of rotatable bonds is 6. The molecule has 3 rings (SSSR count). The highest BCUT2D eigenvalue weighted by Gasteiger charge is 2.21. The Kier molecular flexibility index (Phi) is 6.54. The highest BCUT2D eigenvalue weighted by Crippen LogP contribution is 2.37. The zero-order valence-electron chi connectivity index (χ0n) is 15.4. The molecule has 1 fully saturated rings. The molecular weight excluding hydrogens is 345 g/mol. The molecule has 0 N–H and O–H groups in total. The van der Waals surface area contributed by atoms with E-state index in [0.29, 0.717) is 23.0 Å². The zero-order valence-corrected chi connectivity index (χ0v) is 15.4. The van der Waals surface area contributed by atoms with Crippen molar-refractivity contribution in [1.82, 2.24) is 0 Å². The lowest BCUT2D eigenvalue weighted by molar-refractivity contribution is 0.375. The second-order valence-corrected chi connectivity index (χ2v) is 7.28. The van der Waals surface area contributed by atoms with Crippen molar-refractivity contribution in [2.45, 2.75) is 44.4 Å². The van der Waals surface area contributed by atoms with E-state index in [2.05, 4.69) is 18.7 Å². The summed E-state index contributed by atoms with van der Waals surface area (Å²) in [6.07, 6.45) is 13.3. The average molecular weight is 370 g/mol. The number of benzene rings is 2. The van der Waals surface area contributed by atoms with Gasteiger partial charge in [0.1, 0.15) is 0 Å². The summed E-state index contributed by atoms with van der Waals surface area (Å²) < 4.78 is 40.0. The highest BCUT2D eigenvalue weighted by molar-refractivity contribution is 5.64. The monoisotopic (exact) mass is 370 g/mol. The molecule has 2 aromatic carbocycles. The number of allylic oxidation sites excluding steroid dienone is 3. The van der Waals surface area contributed by atoms with Crippen LogP contribution in [0.25, 0.3) is 11.1 Å². The van der Waals surface area contributed by atoms with Crippen LogP contribution >= 0.6 is 0 Å². The number of unbranched alkanes of at least 4 members (excludes halogenated alkanes) is 1. The summed E-state index contributed by atoms with van der Waals surface area (Å²) in [4.78, 5) is 0. The topological polar surface area (TPSA) is 0 Å². The van der Waals surface area contributed by atoms with E-state index in [4.69, 9.17) is 0 Å². The predicted molar refractivity (Wildman–Crippen MR) is 105 cm³/mol. The van der Waals surface area contributed by atoms with Gasteiger partial charge in [0.2, 0.25) is 0 Å². The number of halogens is 3. The third kappa shape index (κ3) is 4.91. The largest absolute Gasteiger partial charge is 0.204 e. The Morgan fingerprint density at radius 1 is 0.852 bits per heavy atom. The lowest BCUT2D eigenvalue weighted by Crippen LogP contribution is -2.11. The number of hydrogen-bond acceptors (Lipinski definition) is 0. The van der Waals surface area contributed by atoms with E-state index in [1.54, 1.807) is 0 Å². The van der Waals surface area contributed by atoms with E-state index in [-0.39, 0.29) is 0 Å². The smallest absolute Gasteiger partial charge is 0.194 e. The summed E-state index contributed by atoms with van der Waals surface area (Å²) in [6, 6.07) is 9.86. The van der Waals surface area contributed by atoms with Crippen molar-refractivity contribution in [3.05, 3.63) is 84.2 Å². The first-order valence-corrected chi connectivity index (χ1v) is 9.61. The molecule has 0 bridgehead atoms. The van der Waals surface area contributed by atoms with Gasteiger partial charge in [0.25, 0.3) is 0 Å².